The van der Waals surface area contributed by atoms with Gasteiger partial charge in [0, 0.05) is 25.0 Å². The molecule has 0 saturated carbocycles. The zero-order valence-corrected chi connectivity index (χ0v) is 19.8. The number of amides is 1. The molecule has 1 amide bonds. The summed E-state index contributed by atoms with van der Waals surface area (Å²) < 4.78 is 26.4. The molecule has 0 spiro atoms. The Hall–Kier alpha value is -1.87. The first kappa shape index (κ1) is 23.8. The average Bonchev–Trinajstić information content (AvgIpc) is 2.79. The Balaban J connectivity index is 1.48. The molecule has 0 aromatic heterocycles. The number of rotatable bonds is 9. The van der Waals surface area contributed by atoms with Crippen molar-refractivity contribution in [3.63, 3.8) is 0 Å². The van der Waals surface area contributed by atoms with Crippen LogP contribution in [0.1, 0.15) is 30.4 Å². The number of thioether (sulfide) groups is 1. The first-order valence-corrected chi connectivity index (χ1v) is 13.2. The lowest BCUT2D eigenvalue weighted by Gasteiger charge is -2.26. The van der Waals surface area contributed by atoms with Gasteiger partial charge in [0.2, 0.25) is 15.9 Å². The maximum atomic E-state index is 12.7. The fourth-order valence-electron chi connectivity index (χ4n) is 3.61. The number of likely N-dealkylation sites (N-methyl/N-ethyl adjacent to an activating group) is 1. The van der Waals surface area contributed by atoms with Gasteiger partial charge in [-0.2, -0.15) is 4.31 Å². The van der Waals surface area contributed by atoms with E-state index in [1.807, 2.05) is 18.4 Å². The Morgan fingerprint density at radius 1 is 1.00 bits per heavy atom. The number of benzene rings is 2. The van der Waals surface area contributed by atoms with Gasteiger partial charge in [0.05, 0.1) is 11.4 Å². The smallest absolute Gasteiger partial charge is 0.243 e. The van der Waals surface area contributed by atoms with Crippen LogP contribution in [-0.4, -0.2) is 56.5 Å². The molecule has 8 heteroatoms. The lowest BCUT2D eigenvalue weighted by atomic mass is 10.1. The molecule has 0 aliphatic carbocycles. The molecule has 6 nitrogen and oxygen atoms in total. The second kappa shape index (κ2) is 11.1. The SMILES string of the molecule is CSc1ccc(S(=O)(=O)N(C)CC(=O)NCc2ccc(CN3CCCCC3)cc2)cc1. The molecule has 1 heterocycles. The fraction of sp³-hybridized carbons (Fsp3) is 0.435. The highest BCUT2D eigenvalue weighted by molar-refractivity contribution is 7.98. The highest BCUT2D eigenvalue weighted by Crippen LogP contribution is 2.20. The van der Waals surface area contributed by atoms with E-state index in [1.54, 1.807) is 36.0 Å². The molecule has 0 bridgehead atoms. The Morgan fingerprint density at radius 3 is 2.23 bits per heavy atom. The summed E-state index contributed by atoms with van der Waals surface area (Å²) in [5.74, 6) is -0.329. The zero-order chi connectivity index (χ0) is 22.3. The molecule has 1 N–H and O–H groups in total. The maximum absolute atomic E-state index is 12.7. The molecule has 0 unspecified atom stereocenters. The van der Waals surface area contributed by atoms with Gasteiger partial charge in [0.25, 0.3) is 0 Å². The second-order valence-electron chi connectivity index (χ2n) is 7.87. The van der Waals surface area contributed by atoms with E-state index < -0.39 is 10.0 Å². The van der Waals surface area contributed by atoms with Crippen LogP contribution in [0.5, 0.6) is 0 Å². The number of carbonyl (C=O) groups excluding carboxylic acids is 1. The van der Waals surface area contributed by atoms with Gasteiger partial charge in [-0.1, -0.05) is 30.7 Å². The van der Waals surface area contributed by atoms with E-state index in [0.29, 0.717) is 6.54 Å². The van der Waals surface area contributed by atoms with Crippen LogP contribution in [0.25, 0.3) is 0 Å². The zero-order valence-electron chi connectivity index (χ0n) is 18.2. The van der Waals surface area contributed by atoms with Crippen LogP contribution in [0.3, 0.4) is 0 Å². The number of nitrogens with one attached hydrogen (secondary N) is 1. The predicted octanol–water partition coefficient (Wildman–Crippen LogP) is 3.33. The van der Waals surface area contributed by atoms with Gasteiger partial charge in [0.1, 0.15) is 0 Å². The molecular weight excluding hydrogens is 430 g/mol. The summed E-state index contributed by atoms with van der Waals surface area (Å²) >= 11 is 1.55. The van der Waals surface area contributed by atoms with Gasteiger partial charge >= 0.3 is 0 Å². The van der Waals surface area contributed by atoms with Crippen molar-refractivity contribution in [2.24, 2.45) is 0 Å². The number of piperidine rings is 1. The van der Waals surface area contributed by atoms with Crippen LogP contribution in [0.15, 0.2) is 58.3 Å². The second-order valence-corrected chi connectivity index (χ2v) is 10.8. The molecule has 168 valence electrons. The topological polar surface area (TPSA) is 69.7 Å². The summed E-state index contributed by atoms with van der Waals surface area (Å²) in [4.78, 5) is 16.0. The van der Waals surface area contributed by atoms with E-state index in [9.17, 15) is 13.2 Å². The van der Waals surface area contributed by atoms with Crippen LogP contribution in [0, 0.1) is 0 Å². The largest absolute Gasteiger partial charge is 0.351 e. The first-order valence-electron chi connectivity index (χ1n) is 10.6. The van der Waals surface area contributed by atoms with Gasteiger partial charge in [0.15, 0.2) is 0 Å². The summed E-state index contributed by atoms with van der Waals surface area (Å²) in [5, 5.41) is 2.81. The molecule has 2 aromatic rings. The Kier molecular flexibility index (Phi) is 8.54. The van der Waals surface area contributed by atoms with E-state index in [1.165, 1.54) is 31.9 Å². The molecule has 3 rings (SSSR count). The van der Waals surface area contributed by atoms with Gasteiger partial charge in [-0.05, 0) is 67.6 Å². The average molecular weight is 462 g/mol. The molecule has 1 aliphatic heterocycles. The van der Waals surface area contributed by atoms with E-state index in [2.05, 4.69) is 22.3 Å². The van der Waals surface area contributed by atoms with Crippen LogP contribution in [0.2, 0.25) is 0 Å². The predicted molar refractivity (Wildman–Crippen MR) is 125 cm³/mol. The van der Waals surface area contributed by atoms with Gasteiger partial charge in [-0.25, -0.2) is 8.42 Å². The van der Waals surface area contributed by atoms with Crippen molar-refractivity contribution in [1.82, 2.24) is 14.5 Å². The number of hydrogen-bond donors (Lipinski definition) is 1. The van der Waals surface area contributed by atoms with Crippen molar-refractivity contribution in [2.75, 3.05) is 32.9 Å². The van der Waals surface area contributed by atoms with Crippen molar-refractivity contribution in [2.45, 2.75) is 42.1 Å². The van der Waals surface area contributed by atoms with Crippen molar-refractivity contribution < 1.29 is 13.2 Å². The standard InChI is InChI=1S/C23H31N3O3S2/c1-25(31(28,29)22-12-10-21(30-2)11-13-22)18-23(27)24-16-19-6-8-20(9-7-19)17-26-14-4-3-5-15-26/h6-13H,3-5,14-18H2,1-2H3,(H,24,27). The Labute approximate surface area is 190 Å². The Morgan fingerprint density at radius 2 is 1.61 bits per heavy atom. The van der Waals surface area contributed by atoms with Crippen molar-refractivity contribution in [1.29, 1.82) is 0 Å². The van der Waals surface area contributed by atoms with E-state index in [0.717, 1.165) is 34.4 Å². The van der Waals surface area contributed by atoms with Gasteiger partial charge < -0.3 is 5.32 Å². The number of sulfonamides is 1. The van der Waals surface area contributed by atoms with Crippen LogP contribution in [-0.2, 0) is 27.9 Å². The third kappa shape index (κ3) is 6.80. The normalized spacial score (nSPS) is 15.2. The quantitative estimate of drug-likeness (QED) is 0.580. The summed E-state index contributed by atoms with van der Waals surface area (Å²) in [6.45, 7) is 3.44. The summed E-state index contributed by atoms with van der Waals surface area (Å²) in [7, 11) is -2.28. The Bertz CT molecular complexity index is 955. The van der Waals surface area contributed by atoms with Crippen molar-refractivity contribution in [3.05, 3.63) is 59.7 Å². The minimum absolute atomic E-state index is 0.185. The molecule has 1 fully saturated rings. The van der Waals surface area contributed by atoms with Gasteiger partial charge in [-0.15, -0.1) is 11.8 Å². The highest BCUT2D eigenvalue weighted by Gasteiger charge is 2.22. The molecule has 0 atom stereocenters. The minimum atomic E-state index is -3.70. The lowest BCUT2D eigenvalue weighted by Crippen LogP contribution is -2.38. The molecule has 31 heavy (non-hydrogen) atoms. The first-order chi connectivity index (χ1) is 14.9. The molecule has 1 saturated heterocycles. The number of hydrogen-bond acceptors (Lipinski definition) is 5. The molecule has 2 aromatic carbocycles. The third-order valence-electron chi connectivity index (χ3n) is 5.50. The van der Waals surface area contributed by atoms with Crippen molar-refractivity contribution >= 4 is 27.7 Å². The van der Waals surface area contributed by atoms with Crippen LogP contribution >= 0.6 is 11.8 Å². The third-order valence-corrected chi connectivity index (χ3v) is 8.06. The molecule has 1 aliphatic rings. The van der Waals surface area contributed by atoms with E-state index in [-0.39, 0.29) is 17.3 Å². The van der Waals surface area contributed by atoms with Gasteiger partial charge in [-0.3, -0.25) is 9.69 Å². The maximum Gasteiger partial charge on any atom is 0.243 e. The van der Waals surface area contributed by atoms with Crippen molar-refractivity contribution in [3.8, 4) is 0 Å². The van der Waals surface area contributed by atoms with Crippen LogP contribution in [0.4, 0.5) is 0 Å². The van der Waals surface area contributed by atoms with Crippen LogP contribution < -0.4 is 5.32 Å². The molecule has 0 radical (unpaired) electrons. The monoisotopic (exact) mass is 461 g/mol. The number of carbonyl (C=O) groups is 1. The summed E-state index contributed by atoms with van der Waals surface area (Å²) in [6.07, 6.45) is 5.81. The van der Waals surface area contributed by atoms with E-state index >= 15 is 0 Å². The lowest BCUT2D eigenvalue weighted by molar-refractivity contribution is -0.121. The molecular formula is C23H31N3O3S2. The highest BCUT2D eigenvalue weighted by atomic mass is 32.2. The number of likely N-dealkylation sites (tertiary alicyclic amines) is 1. The summed E-state index contributed by atoms with van der Waals surface area (Å²) in [6, 6.07) is 14.9. The summed E-state index contributed by atoms with van der Waals surface area (Å²) in [5.41, 5.74) is 2.27. The fourth-order valence-corrected chi connectivity index (χ4v) is 5.15. The number of nitrogens with zero attached hydrogens (tertiary/aromatic N) is 2. The minimum Gasteiger partial charge on any atom is -0.351 e. The van der Waals surface area contributed by atoms with E-state index in [4.69, 9.17) is 0 Å².